The minimum atomic E-state index is -0.277. The fourth-order valence-corrected chi connectivity index (χ4v) is 2.77. The molecule has 1 saturated heterocycles. The largest absolute Gasteiger partial charge is 0.309 e. The molecule has 3 rings (SSSR count). The number of halogens is 1. The Morgan fingerprint density at radius 1 is 1.43 bits per heavy atom. The van der Waals surface area contributed by atoms with Crippen LogP contribution in [0.4, 0.5) is 4.39 Å². The maximum absolute atomic E-state index is 14.1. The van der Waals surface area contributed by atoms with Crippen LogP contribution in [0.15, 0.2) is 30.9 Å². The Bertz CT molecular complexity index is 584. The van der Waals surface area contributed by atoms with E-state index < -0.39 is 0 Å². The van der Waals surface area contributed by atoms with Gasteiger partial charge >= 0.3 is 0 Å². The smallest absolute Gasteiger partial charge is 0.149 e. The van der Waals surface area contributed by atoms with Crippen molar-refractivity contribution < 1.29 is 4.39 Å². The van der Waals surface area contributed by atoms with Gasteiger partial charge in [0.2, 0.25) is 0 Å². The molecule has 0 bridgehead atoms. The second kappa shape index (κ2) is 6.32. The zero-order chi connectivity index (χ0) is 14.7. The van der Waals surface area contributed by atoms with Crippen molar-refractivity contribution in [1.82, 2.24) is 25.0 Å². The molecule has 1 fully saturated rings. The van der Waals surface area contributed by atoms with Crippen LogP contribution >= 0.6 is 0 Å². The van der Waals surface area contributed by atoms with Gasteiger partial charge in [0.05, 0.1) is 0 Å². The Morgan fingerprint density at radius 2 is 2.33 bits per heavy atom. The van der Waals surface area contributed by atoms with E-state index in [1.165, 1.54) is 36.7 Å². The lowest BCUT2D eigenvalue weighted by molar-refractivity contribution is 0.226. The van der Waals surface area contributed by atoms with Crippen LogP contribution < -0.4 is 5.32 Å². The van der Waals surface area contributed by atoms with Crippen molar-refractivity contribution in [3.05, 3.63) is 42.2 Å². The molecule has 1 aliphatic rings. The van der Waals surface area contributed by atoms with E-state index in [0.717, 1.165) is 12.1 Å². The summed E-state index contributed by atoms with van der Waals surface area (Å²) in [6, 6.07) is 5.73. The lowest BCUT2D eigenvalue weighted by atomic mass is 10.1. The number of benzene rings is 1. The number of nitrogens with zero attached hydrogens (tertiary/aromatic N) is 4. The highest BCUT2D eigenvalue weighted by Crippen LogP contribution is 2.15. The van der Waals surface area contributed by atoms with Gasteiger partial charge in [-0.2, -0.15) is 5.10 Å². The lowest BCUT2D eigenvalue weighted by Crippen LogP contribution is -2.43. The molecule has 0 aliphatic carbocycles. The summed E-state index contributed by atoms with van der Waals surface area (Å²) in [6.45, 7) is 2.91. The van der Waals surface area contributed by atoms with Gasteiger partial charge in [0.25, 0.3) is 0 Å². The third-order valence-corrected chi connectivity index (χ3v) is 3.90. The Hall–Kier alpha value is -1.79. The molecule has 0 spiro atoms. The fourth-order valence-electron chi connectivity index (χ4n) is 2.77. The molecule has 1 aromatic heterocycles. The highest BCUT2D eigenvalue weighted by atomic mass is 19.1. The average Bonchev–Trinajstić information content (AvgIpc) is 2.99. The monoisotopic (exact) mass is 289 g/mol. The van der Waals surface area contributed by atoms with E-state index >= 15 is 0 Å². The third kappa shape index (κ3) is 3.46. The quantitative estimate of drug-likeness (QED) is 0.928. The lowest BCUT2D eigenvalue weighted by Gasteiger charge is -2.30. The number of hydrogen-bond acceptors (Lipinski definition) is 4. The van der Waals surface area contributed by atoms with E-state index in [1.807, 2.05) is 6.07 Å². The Balaban J connectivity index is 1.63. The first-order chi connectivity index (χ1) is 10.2. The molecule has 0 amide bonds. The minimum absolute atomic E-state index is 0.277. The maximum Gasteiger partial charge on any atom is 0.149 e. The van der Waals surface area contributed by atoms with Gasteiger partial charge in [0.15, 0.2) is 0 Å². The Morgan fingerprint density at radius 3 is 3.05 bits per heavy atom. The number of aromatic nitrogens is 3. The van der Waals surface area contributed by atoms with Crippen LogP contribution in [0.5, 0.6) is 0 Å². The summed E-state index contributed by atoms with van der Waals surface area (Å²) in [5.41, 5.74) is 1.37. The Labute approximate surface area is 123 Å². The van der Waals surface area contributed by atoms with Gasteiger partial charge < -0.3 is 10.2 Å². The number of rotatable bonds is 4. The summed E-state index contributed by atoms with van der Waals surface area (Å²) < 4.78 is 15.5. The van der Waals surface area contributed by atoms with Crippen molar-refractivity contribution >= 4 is 0 Å². The molecule has 1 aromatic carbocycles. The van der Waals surface area contributed by atoms with Gasteiger partial charge in [-0.15, -0.1) is 0 Å². The van der Waals surface area contributed by atoms with Gasteiger partial charge in [-0.3, -0.25) is 0 Å². The van der Waals surface area contributed by atoms with Crippen LogP contribution in [-0.2, 0) is 6.54 Å². The van der Waals surface area contributed by atoms with Gasteiger partial charge in [0, 0.05) is 19.1 Å². The summed E-state index contributed by atoms with van der Waals surface area (Å²) in [5, 5.41) is 7.46. The van der Waals surface area contributed by atoms with Crippen LogP contribution in [-0.4, -0.2) is 45.8 Å². The van der Waals surface area contributed by atoms with Crippen LogP contribution in [0.2, 0.25) is 0 Å². The predicted octanol–water partition coefficient (Wildman–Crippen LogP) is 1.59. The summed E-state index contributed by atoms with van der Waals surface area (Å²) >= 11 is 0. The highest BCUT2D eigenvalue weighted by Gasteiger charge is 2.16. The molecule has 2 aromatic rings. The van der Waals surface area contributed by atoms with E-state index in [1.54, 1.807) is 12.1 Å². The first-order valence-electron chi connectivity index (χ1n) is 7.28. The van der Waals surface area contributed by atoms with Crippen molar-refractivity contribution in [2.24, 2.45) is 0 Å². The molecule has 1 N–H and O–H groups in total. The molecule has 6 heteroatoms. The average molecular weight is 289 g/mol. The molecule has 112 valence electrons. The topological polar surface area (TPSA) is 46.0 Å². The number of nitrogens with one attached hydrogen (secondary N) is 1. The van der Waals surface area contributed by atoms with Gasteiger partial charge in [-0.1, -0.05) is 6.07 Å². The van der Waals surface area contributed by atoms with Gasteiger partial charge in [-0.05, 0) is 44.1 Å². The second-order valence-corrected chi connectivity index (χ2v) is 5.61. The first-order valence-corrected chi connectivity index (χ1v) is 7.28. The van der Waals surface area contributed by atoms with Gasteiger partial charge in [-0.25, -0.2) is 14.1 Å². The molecule has 21 heavy (non-hydrogen) atoms. The number of likely N-dealkylation sites (N-methyl/N-ethyl adjacent to an activating group) is 1. The van der Waals surface area contributed by atoms with E-state index in [-0.39, 0.29) is 5.82 Å². The summed E-state index contributed by atoms with van der Waals surface area (Å²) in [7, 11) is 2.14. The molecular weight excluding hydrogens is 269 g/mol. The molecule has 2 heterocycles. The van der Waals surface area contributed by atoms with E-state index in [4.69, 9.17) is 0 Å². The third-order valence-electron chi connectivity index (χ3n) is 3.90. The number of piperidine rings is 1. The van der Waals surface area contributed by atoms with Crippen LogP contribution in [0.25, 0.3) is 5.69 Å². The van der Waals surface area contributed by atoms with Crippen molar-refractivity contribution in [2.75, 3.05) is 20.1 Å². The number of hydrogen-bond donors (Lipinski definition) is 1. The van der Waals surface area contributed by atoms with Crippen LogP contribution in [0.1, 0.15) is 18.4 Å². The second-order valence-electron chi connectivity index (χ2n) is 5.61. The number of likely N-dealkylation sites (tertiary alicyclic amines) is 1. The van der Waals surface area contributed by atoms with E-state index in [2.05, 4.69) is 27.3 Å². The Kier molecular flexibility index (Phi) is 4.26. The highest BCUT2D eigenvalue weighted by molar-refractivity contribution is 5.35. The minimum Gasteiger partial charge on any atom is -0.309 e. The normalized spacial score (nSPS) is 19.8. The molecule has 0 radical (unpaired) electrons. The van der Waals surface area contributed by atoms with Gasteiger partial charge in [0.1, 0.15) is 24.2 Å². The van der Waals surface area contributed by atoms with Crippen molar-refractivity contribution in [3.63, 3.8) is 0 Å². The predicted molar refractivity (Wildman–Crippen MR) is 78.7 cm³/mol. The zero-order valence-corrected chi connectivity index (χ0v) is 12.2. The molecule has 0 saturated carbocycles. The van der Waals surface area contributed by atoms with Crippen molar-refractivity contribution in [2.45, 2.75) is 25.4 Å². The zero-order valence-electron chi connectivity index (χ0n) is 12.2. The van der Waals surface area contributed by atoms with Crippen LogP contribution in [0, 0.1) is 5.82 Å². The summed E-state index contributed by atoms with van der Waals surface area (Å²) in [4.78, 5) is 6.16. The standard InChI is InChI=1S/C15H20FN5/c1-20-6-2-3-13(9-20)18-8-12-4-5-15(14(16)7-12)21-11-17-10-19-21/h4-5,7,10-11,13,18H,2-3,6,8-9H2,1H3/t13-/m0/s1. The van der Waals surface area contributed by atoms with E-state index in [0.29, 0.717) is 18.3 Å². The molecule has 5 nitrogen and oxygen atoms in total. The van der Waals surface area contributed by atoms with Crippen molar-refractivity contribution in [3.8, 4) is 5.69 Å². The maximum atomic E-state index is 14.1. The molecule has 1 atom stereocenters. The summed E-state index contributed by atoms with van der Waals surface area (Å²) in [5.74, 6) is -0.277. The molecule has 1 aliphatic heterocycles. The SMILES string of the molecule is CN1CCC[C@H](NCc2ccc(-n3cncn3)c(F)c2)C1. The molecule has 0 unspecified atom stereocenters. The fraction of sp³-hybridized carbons (Fsp3) is 0.467. The van der Waals surface area contributed by atoms with E-state index in [9.17, 15) is 4.39 Å². The first kappa shape index (κ1) is 14.2. The van der Waals surface area contributed by atoms with Crippen molar-refractivity contribution in [1.29, 1.82) is 0 Å². The van der Waals surface area contributed by atoms with Crippen LogP contribution in [0.3, 0.4) is 0 Å². The summed E-state index contributed by atoms with van der Waals surface area (Å²) in [6.07, 6.45) is 5.29. The molecular formula is C15H20FN5.